The van der Waals surface area contributed by atoms with Crippen LogP contribution in [0.25, 0.3) is 0 Å². The third kappa shape index (κ3) is 3.75. The lowest BCUT2D eigenvalue weighted by atomic mass is 9.76. The molecule has 138 valence electrons. The predicted octanol–water partition coefficient (Wildman–Crippen LogP) is 0.908. The molecule has 0 bridgehead atoms. The molecule has 25 heavy (non-hydrogen) atoms. The molecule has 1 atom stereocenters. The van der Waals surface area contributed by atoms with E-state index in [1.165, 1.54) is 0 Å². The van der Waals surface area contributed by atoms with Crippen molar-refractivity contribution in [3.05, 3.63) is 24.3 Å². The molecule has 0 amide bonds. The summed E-state index contributed by atoms with van der Waals surface area (Å²) in [6, 6.07) is 0. The van der Waals surface area contributed by atoms with Crippen LogP contribution in [0.5, 0.6) is 5.75 Å². The molecule has 0 saturated carbocycles. The highest BCUT2D eigenvalue weighted by Gasteiger charge is 2.46. The van der Waals surface area contributed by atoms with Crippen molar-refractivity contribution in [1.29, 1.82) is 0 Å². The number of nitrogens with zero attached hydrogens (tertiary/aromatic N) is 4. The van der Waals surface area contributed by atoms with E-state index in [1.807, 2.05) is 11.9 Å². The summed E-state index contributed by atoms with van der Waals surface area (Å²) in [5, 5.41) is 10.4. The number of halogens is 1. The summed E-state index contributed by atoms with van der Waals surface area (Å²) in [4.78, 5) is 12.9. The first-order chi connectivity index (χ1) is 12.1. The minimum absolute atomic E-state index is 0.00558. The molecule has 2 aliphatic heterocycles. The number of ether oxygens (including phenoxy) is 1. The summed E-state index contributed by atoms with van der Waals surface area (Å²) in [5.41, 5.74) is 5.78. The van der Waals surface area contributed by atoms with E-state index < -0.39 is 0 Å². The Hall–Kier alpha value is -1.77. The summed E-state index contributed by atoms with van der Waals surface area (Å²) < 4.78 is 17.9. The van der Waals surface area contributed by atoms with Gasteiger partial charge in [0.1, 0.15) is 12.8 Å². The summed E-state index contributed by atoms with van der Waals surface area (Å²) in [6.45, 7) is 2.81. The van der Waals surface area contributed by atoms with Gasteiger partial charge in [0.25, 0.3) is 0 Å². The van der Waals surface area contributed by atoms with Gasteiger partial charge in [-0.3, -0.25) is 4.90 Å². The fraction of sp³-hybridized carbons (Fsp3) is 0.647. The molecule has 0 aliphatic carbocycles. The number of aliphatic hydroxyl groups excluding tert-OH is 1. The van der Waals surface area contributed by atoms with Crippen LogP contribution in [0.2, 0.25) is 0 Å². The highest BCUT2D eigenvalue weighted by Crippen LogP contribution is 2.44. The molecule has 3 heterocycles. The number of hydrogen-bond acceptors (Lipinski definition) is 7. The monoisotopic (exact) mass is 351 g/mol. The number of piperidine rings is 1. The van der Waals surface area contributed by atoms with E-state index in [4.69, 9.17) is 10.5 Å². The second-order valence-corrected chi connectivity index (χ2v) is 6.93. The zero-order chi connectivity index (χ0) is 17.9. The molecule has 1 aromatic rings. The molecule has 3 rings (SSSR count). The van der Waals surface area contributed by atoms with Crippen LogP contribution in [0.1, 0.15) is 19.3 Å². The summed E-state index contributed by atoms with van der Waals surface area (Å²) in [5.74, 6) is 1.14. The molecule has 2 aliphatic rings. The Morgan fingerprint density at radius 3 is 2.52 bits per heavy atom. The first kappa shape index (κ1) is 18.0. The molecular formula is C17H26FN5O2. The number of anilines is 1. The van der Waals surface area contributed by atoms with E-state index in [0.717, 1.165) is 38.9 Å². The SMILES string of the molecule is CN1CCC2(CCN(c3ncc(OC/C(=C/F)CN)cn3)CC2)C1O. The molecular weight excluding hydrogens is 325 g/mol. The Morgan fingerprint density at radius 2 is 2.00 bits per heavy atom. The van der Waals surface area contributed by atoms with Crippen LogP contribution in [-0.2, 0) is 0 Å². The minimum atomic E-state index is -0.355. The molecule has 1 aromatic heterocycles. The van der Waals surface area contributed by atoms with Gasteiger partial charge in [-0.1, -0.05) is 0 Å². The lowest BCUT2D eigenvalue weighted by molar-refractivity contribution is -0.0408. The molecule has 3 N–H and O–H groups in total. The van der Waals surface area contributed by atoms with E-state index in [-0.39, 0.29) is 24.8 Å². The fourth-order valence-corrected chi connectivity index (χ4v) is 3.64. The average molecular weight is 351 g/mol. The number of hydrogen-bond donors (Lipinski definition) is 2. The van der Waals surface area contributed by atoms with Crippen molar-refractivity contribution in [3.8, 4) is 5.75 Å². The Labute approximate surface area is 147 Å². The minimum Gasteiger partial charge on any atom is -0.486 e. The van der Waals surface area contributed by atoms with Gasteiger partial charge >= 0.3 is 0 Å². The van der Waals surface area contributed by atoms with Crippen LogP contribution in [0, 0.1) is 5.41 Å². The highest BCUT2D eigenvalue weighted by molar-refractivity contribution is 5.32. The van der Waals surface area contributed by atoms with Crippen molar-refractivity contribution in [1.82, 2.24) is 14.9 Å². The maximum absolute atomic E-state index is 12.5. The first-order valence-electron chi connectivity index (χ1n) is 8.64. The van der Waals surface area contributed by atoms with Crippen LogP contribution >= 0.6 is 0 Å². The topological polar surface area (TPSA) is 87.7 Å². The van der Waals surface area contributed by atoms with Crippen LogP contribution in [0.3, 0.4) is 0 Å². The zero-order valence-corrected chi connectivity index (χ0v) is 14.6. The fourth-order valence-electron chi connectivity index (χ4n) is 3.64. The molecule has 1 spiro atoms. The molecule has 7 nitrogen and oxygen atoms in total. The van der Waals surface area contributed by atoms with Crippen LogP contribution < -0.4 is 15.4 Å². The van der Waals surface area contributed by atoms with Gasteiger partial charge in [0, 0.05) is 37.2 Å². The quantitative estimate of drug-likeness (QED) is 0.815. The molecule has 2 fully saturated rings. The van der Waals surface area contributed by atoms with E-state index in [9.17, 15) is 9.50 Å². The lowest BCUT2D eigenvalue weighted by Crippen LogP contribution is -2.47. The van der Waals surface area contributed by atoms with Gasteiger partial charge in [0.2, 0.25) is 5.95 Å². The number of aliphatic hydroxyl groups is 1. The Bertz CT molecular complexity index is 602. The molecule has 1 unspecified atom stereocenters. The number of rotatable bonds is 5. The number of likely N-dealkylation sites (tertiary alicyclic amines) is 1. The van der Waals surface area contributed by atoms with Gasteiger partial charge in [-0.2, -0.15) is 0 Å². The van der Waals surface area contributed by atoms with Gasteiger partial charge in [0.05, 0.1) is 18.7 Å². The van der Waals surface area contributed by atoms with Gasteiger partial charge in [-0.05, 0) is 26.3 Å². The summed E-state index contributed by atoms with van der Waals surface area (Å²) in [7, 11) is 1.97. The second kappa shape index (κ2) is 7.63. The maximum Gasteiger partial charge on any atom is 0.225 e. The van der Waals surface area contributed by atoms with Gasteiger partial charge < -0.3 is 20.5 Å². The van der Waals surface area contributed by atoms with Crippen molar-refractivity contribution in [2.75, 3.05) is 44.7 Å². The smallest absolute Gasteiger partial charge is 0.225 e. The summed E-state index contributed by atoms with van der Waals surface area (Å²) in [6.07, 6.45) is 6.20. The van der Waals surface area contributed by atoms with E-state index in [0.29, 0.717) is 23.6 Å². The van der Waals surface area contributed by atoms with E-state index >= 15 is 0 Å². The molecule has 8 heteroatoms. The van der Waals surface area contributed by atoms with Gasteiger partial charge in [0.15, 0.2) is 5.75 Å². The third-order valence-electron chi connectivity index (χ3n) is 5.42. The zero-order valence-electron chi connectivity index (χ0n) is 14.6. The highest BCUT2D eigenvalue weighted by atomic mass is 19.1. The molecule has 0 aromatic carbocycles. The first-order valence-corrected chi connectivity index (χ1v) is 8.64. The van der Waals surface area contributed by atoms with Crippen molar-refractivity contribution < 1.29 is 14.2 Å². The molecule has 2 saturated heterocycles. The standard InChI is InChI=1S/C17H26FN5O2/c1-22-5-2-17(15(22)24)3-6-23(7-4-17)16-20-10-14(11-21-16)25-12-13(8-18)9-19/h8,10-11,15,24H,2-7,9,12,19H2,1H3/b13-8+. The normalized spacial score (nSPS) is 24.1. The number of nitrogens with two attached hydrogens (primary N) is 1. The largest absolute Gasteiger partial charge is 0.486 e. The van der Waals surface area contributed by atoms with Crippen LogP contribution in [-0.4, -0.2) is 66.0 Å². The van der Waals surface area contributed by atoms with Crippen molar-refractivity contribution in [2.45, 2.75) is 25.5 Å². The van der Waals surface area contributed by atoms with Gasteiger partial charge in [-0.25, -0.2) is 14.4 Å². The second-order valence-electron chi connectivity index (χ2n) is 6.93. The lowest BCUT2D eigenvalue weighted by Gasteiger charge is -2.41. The molecule has 0 radical (unpaired) electrons. The predicted molar refractivity (Wildman–Crippen MR) is 92.9 cm³/mol. The Kier molecular flexibility index (Phi) is 5.51. The maximum atomic E-state index is 12.5. The summed E-state index contributed by atoms with van der Waals surface area (Å²) >= 11 is 0. The van der Waals surface area contributed by atoms with Crippen molar-refractivity contribution >= 4 is 5.95 Å². The third-order valence-corrected chi connectivity index (χ3v) is 5.42. The van der Waals surface area contributed by atoms with E-state index in [2.05, 4.69) is 14.9 Å². The number of aromatic nitrogens is 2. The van der Waals surface area contributed by atoms with E-state index in [1.54, 1.807) is 12.4 Å². The van der Waals surface area contributed by atoms with Crippen LogP contribution in [0.15, 0.2) is 24.3 Å². The van der Waals surface area contributed by atoms with Crippen molar-refractivity contribution in [3.63, 3.8) is 0 Å². The Morgan fingerprint density at radius 1 is 1.36 bits per heavy atom. The average Bonchev–Trinajstić information content (AvgIpc) is 2.92. The van der Waals surface area contributed by atoms with Crippen molar-refractivity contribution in [2.24, 2.45) is 11.1 Å². The van der Waals surface area contributed by atoms with Crippen LogP contribution in [0.4, 0.5) is 10.3 Å². The van der Waals surface area contributed by atoms with Gasteiger partial charge in [-0.15, -0.1) is 0 Å². The Balaban J connectivity index is 1.55.